The number of amides is 1. The summed E-state index contributed by atoms with van der Waals surface area (Å²) < 4.78 is 27.2. The van der Waals surface area contributed by atoms with Crippen LogP contribution in [0.15, 0.2) is 47.4 Å². The lowest BCUT2D eigenvalue weighted by atomic mass is 9.99. The van der Waals surface area contributed by atoms with Gasteiger partial charge in [-0.05, 0) is 48.9 Å². The molecule has 1 aliphatic rings. The first-order chi connectivity index (χ1) is 13.8. The van der Waals surface area contributed by atoms with E-state index >= 15 is 0 Å². The van der Waals surface area contributed by atoms with Gasteiger partial charge in [0.15, 0.2) is 0 Å². The summed E-state index contributed by atoms with van der Waals surface area (Å²) in [5.41, 5.74) is 1.24. The molecule has 156 valence electrons. The van der Waals surface area contributed by atoms with E-state index in [-0.39, 0.29) is 18.2 Å². The van der Waals surface area contributed by atoms with Crippen molar-refractivity contribution < 1.29 is 13.2 Å². The molecule has 1 heterocycles. The highest BCUT2D eigenvalue weighted by Gasteiger charge is 2.33. The van der Waals surface area contributed by atoms with Crippen molar-refractivity contribution in [3.8, 4) is 0 Å². The molecule has 0 unspecified atom stereocenters. The van der Waals surface area contributed by atoms with Gasteiger partial charge < -0.3 is 5.32 Å². The zero-order valence-electron chi connectivity index (χ0n) is 15.9. The molecular weight excluding hydrogens is 451 g/mol. The van der Waals surface area contributed by atoms with Gasteiger partial charge in [0, 0.05) is 28.0 Å². The summed E-state index contributed by atoms with van der Waals surface area (Å²) in [6, 6.07) is 12.3. The fourth-order valence-corrected chi connectivity index (χ4v) is 6.07. The molecule has 1 saturated heterocycles. The molecule has 0 bridgehead atoms. The van der Waals surface area contributed by atoms with Gasteiger partial charge in [0.05, 0.1) is 17.4 Å². The normalized spacial score (nSPS) is 17.8. The molecule has 3 rings (SSSR count). The number of anilines is 1. The predicted octanol–water partition coefficient (Wildman–Crippen LogP) is 4.90. The summed E-state index contributed by atoms with van der Waals surface area (Å²) in [7, 11) is -3.60. The molecule has 2 aromatic rings. The van der Waals surface area contributed by atoms with Crippen LogP contribution in [0, 0.1) is 5.92 Å². The van der Waals surface area contributed by atoms with Crippen molar-refractivity contribution in [2.45, 2.75) is 23.5 Å². The standard InChI is InChI=1S/C20H22Cl2N2O3S2/c1-28-19-7-3-2-6-18(19)23-20(25)14-5-4-10-24(12-14)29(26,27)13-15-8-9-16(21)11-17(15)22/h2-3,6-9,11,14H,4-5,10,12-13H2,1H3,(H,23,25)/t14-/m0/s1. The van der Waals surface area contributed by atoms with Crippen LogP contribution in [0.4, 0.5) is 5.69 Å². The van der Waals surface area contributed by atoms with Gasteiger partial charge in [0.2, 0.25) is 15.9 Å². The van der Waals surface area contributed by atoms with Crippen LogP contribution in [-0.2, 0) is 20.6 Å². The second-order valence-corrected chi connectivity index (χ2v) is 10.5. The van der Waals surface area contributed by atoms with Gasteiger partial charge in [-0.3, -0.25) is 4.79 Å². The zero-order chi connectivity index (χ0) is 21.0. The van der Waals surface area contributed by atoms with Crippen molar-refractivity contribution >= 4 is 56.6 Å². The molecule has 1 N–H and O–H groups in total. The Labute approximate surface area is 185 Å². The number of rotatable bonds is 6. The first-order valence-electron chi connectivity index (χ1n) is 9.16. The van der Waals surface area contributed by atoms with E-state index in [1.165, 1.54) is 10.4 Å². The summed E-state index contributed by atoms with van der Waals surface area (Å²) in [4.78, 5) is 13.8. The molecule has 5 nitrogen and oxygen atoms in total. The van der Waals surface area contributed by atoms with Crippen LogP contribution in [0.2, 0.25) is 10.0 Å². The number of nitrogens with one attached hydrogen (secondary N) is 1. The van der Waals surface area contributed by atoms with Crippen molar-refractivity contribution in [1.82, 2.24) is 4.31 Å². The average Bonchev–Trinajstić information content (AvgIpc) is 2.70. The molecule has 9 heteroatoms. The molecule has 1 fully saturated rings. The van der Waals surface area contributed by atoms with Crippen molar-refractivity contribution in [2.24, 2.45) is 5.92 Å². The van der Waals surface area contributed by atoms with E-state index in [1.807, 2.05) is 30.5 Å². The average molecular weight is 473 g/mol. The van der Waals surface area contributed by atoms with Gasteiger partial charge in [-0.15, -0.1) is 11.8 Å². The largest absolute Gasteiger partial charge is 0.325 e. The lowest BCUT2D eigenvalue weighted by Gasteiger charge is -2.31. The van der Waals surface area contributed by atoms with Crippen LogP contribution in [0.25, 0.3) is 0 Å². The second-order valence-electron chi connectivity index (χ2n) is 6.88. The third kappa shape index (κ3) is 5.67. The monoisotopic (exact) mass is 472 g/mol. The number of carbonyl (C=O) groups excluding carboxylic acids is 1. The van der Waals surface area contributed by atoms with Gasteiger partial charge in [-0.25, -0.2) is 12.7 Å². The predicted molar refractivity (Wildman–Crippen MR) is 120 cm³/mol. The highest BCUT2D eigenvalue weighted by atomic mass is 35.5. The Hall–Kier alpha value is -1.25. The minimum Gasteiger partial charge on any atom is -0.325 e. The van der Waals surface area contributed by atoms with Crippen LogP contribution >= 0.6 is 35.0 Å². The summed E-state index contributed by atoms with van der Waals surface area (Å²) in [6.45, 7) is 0.569. The van der Waals surface area contributed by atoms with Crippen molar-refractivity contribution in [3.05, 3.63) is 58.1 Å². The number of para-hydroxylation sites is 1. The highest BCUT2D eigenvalue weighted by molar-refractivity contribution is 7.98. The van der Waals surface area contributed by atoms with E-state index in [9.17, 15) is 13.2 Å². The van der Waals surface area contributed by atoms with Gasteiger partial charge in [0.1, 0.15) is 0 Å². The van der Waals surface area contributed by atoms with Crippen molar-refractivity contribution in [1.29, 1.82) is 0 Å². The summed E-state index contributed by atoms with van der Waals surface area (Å²) in [6.07, 6.45) is 3.23. The van der Waals surface area contributed by atoms with E-state index in [1.54, 1.807) is 23.9 Å². The van der Waals surface area contributed by atoms with E-state index in [0.717, 1.165) is 10.6 Å². The Morgan fingerprint density at radius 2 is 2.00 bits per heavy atom. The second kappa shape index (κ2) is 9.71. The zero-order valence-corrected chi connectivity index (χ0v) is 19.0. The molecule has 2 aromatic carbocycles. The molecule has 0 radical (unpaired) electrons. The number of carbonyl (C=O) groups is 1. The van der Waals surface area contributed by atoms with Gasteiger partial charge >= 0.3 is 0 Å². The fraction of sp³-hybridized carbons (Fsp3) is 0.350. The Balaban J connectivity index is 1.69. The van der Waals surface area contributed by atoms with Crippen LogP contribution in [-0.4, -0.2) is 38.0 Å². The van der Waals surface area contributed by atoms with Crippen LogP contribution in [0.5, 0.6) is 0 Å². The number of nitrogens with zero attached hydrogens (tertiary/aromatic N) is 1. The summed E-state index contributed by atoms with van der Waals surface area (Å²) in [5.74, 6) is -0.767. The molecule has 29 heavy (non-hydrogen) atoms. The molecule has 0 spiro atoms. The van der Waals surface area contributed by atoms with Gasteiger partial charge in [0.25, 0.3) is 0 Å². The molecular formula is C20H22Cl2N2O3S2. The lowest BCUT2D eigenvalue weighted by Crippen LogP contribution is -2.44. The Morgan fingerprint density at radius 3 is 2.72 bits per heavy atom. The first-order valence-corrected chi connectivity index (χ1v) is 12.7. The third-order valence-electron chi connectivity index (χ3n) is 4.87. The number of thioether (sulfide) groups is 1. The summed E-state index contributed by atoms with van der Waals surface area (Å²) >= 11 is 13.6. The number of hydrogen-bond acceptors (Lipinski definition) is 4. The van der Waals surface area contributed by atoms with Crippen molar-refractivity contribution in [2.75, 3.05) is 24.7 Å². The number of benzene rings is 2. The molecule has 1 atom stereocenters. The van der Waals surface area contributed by atoms with Gasteiger partial charge in [-0.2, -0.15) is 0 Å². The minimum atomic E-state index is -3.60. The van der Waals surface area contributed by atoms with E-state index in [4.69, 9.17) is 23.2 Å². The summed E-state index contributed by atoms with van der Waals surface area (Å²) in [5, 5.41) is 3.73. The Kier molecular flexibility index (Phi) is 7.51. The minimum absolute atomic E-state index is 0.157. The van der Waals surface area contributed by atoms with Crippen molar-refractivity contribution in [3.63, 3.8) is 0 Å². The number of sulfonamides is 1. The smallest absolute Gasteiger partial charge is 0.228 e. The molecule has 0 saturated carbocycles. The van der Waals surface area contributed by atoms with Gasteiger partial charge in [-0.1, -0.05) is 41.4 Å². The number of halogens is 2. The highest BCUT2D eigenvalue weighted by Crippen LogP contribution is 2.28. The number of hydrogen-bond donors (Lipinski definition) is 1. The maximum atomic E-state index is 12.9. The van der Waals surface area contributed by atoms with Crippen LogP contribution < -0.4 is 5.32 Å². The Bertz CT molecular complexity index is 999. The lowest BCUT2D eigenvalue weighted by molar-refractivity contribution is -0.120. The molecule has 0 aliphatic carbocycles. The topological polar surface area (TPSA) is 66.5 Å². The quantitative estimate of drug-likeness (QED) is 0.607. The number of piperidine rings is 1. The van der Waals surface area contributed by atoms with E-state index in [2.05, 4.69) is 5.32 Å². The fourth-order valence-electron chi connectivity index (χ4n) is 3.32. The molecule has 1 aliphatic heterocycles. The Morgan fingerprint density at radius 1 is 1.24 bits per heavy atom. The maximum Gasteiger partial charge on any atom is 0.228 e. The van der Waals surface area contributed by atoms with E-state index < -0.39 is 15.9 Å². The van der Waals surface area contributed by atoms with Crippen LogP contribution in [0.1, 0.15) is 18.4 Å². The van der Waals surface area contributed by atoms with Crippen LogP contribution in [0.3, 0.4) is 0 Å². The molecule has 0 aromatic heterocycles. The molecule has 1 amide bonds. The SMILES string of the molecule is CSc1ccccc1NC(=O)[C@H]1CCCN(S(=O)(=O)Cc2ccc(Cl)cc2Cl)C1. The third-order valence-corrected chi connectivity index (χ3v) is 8.04. The first kappa shape index (κ1) is 22.4. The van der Waals surface area contributed by atoms with E-state index in [0.29, 0.717) is 35.0 Å². The maximum absolute atomic E-state index is 12.9.